The molecule has 0 heterocycles. The Hall–Kier alpha value is -2.29. The van der Waals surface area contributed by atoms with Crippen LogP contribution >= 0.6 is 0 Å². The maximum atomic E-state index is 9.30. The van der Waals surface area contributed by atoms with Crippen LogP contribution in [0.2, 0.25) is 0 Å². The van der Waals surface area contributed by atoms with E-state index in [1.807, 2.05) is 42.5 Å². The molecule has 3 rings (SSSR count). The SMILES string of the molecule is COc1ccc([C@H]2C[C@@H]2/C(=N\O)c2ccccc2)cc1. The molecule has 0 saturated heterocycles. The summed E-state index contributed by atoms with van der Waals surface area (Å²) in [5.74, 6) is 1.60. The summed E-state index contributed by atoms with van der Waals surface area (Å²) in [7, 11) is 1.67. The van der Waals surface area contributed by atoms with Gasteiger partial charge >= 0.3 is 0 Å². The number of benzene rings is 2. The van der Waals surface area contributed by atoms with Crippen molar-refractivity contribution in [1.82, 2.24) is 0 Å². The standard InChI is InChI=1S/C17H17NO2/c1-20-14-9-7-12(8-10-14)15-11-16(15)17(18-19)13-5-3-2-4-6-13/h2-10,15-16,19H,11H2,1H3/b18-17-/t15-,16+/m1/s1. The second-order valence-electron chi connectivity index (χ2n) is 5.07. The summed E-state index contributed by atoms with van der Waals surface area (Å²) in [5.41, 5.74) is 3.05. The fourth-order valence-corrected chi connectivity index (χ4v) is 2.67. The van der Waals surface area contributed by atoms with Crippen molar-refractivity contribution in [3.05, 3.63) is 65.7 Å². The quantitative estimate of drug-likeness (QED) is 0.521. The van der Waals surface area contributed by atoms with E-state index in [1.54, 1.807) is 7.11 Å². The third-order valence-corrected chi connectivity index (χ3v) is 3.86. The molecule has 0 aliphatic heterocycles. The fraction of sp³-hybridized carbons (Fsp3) is 0.235. The van der Waals surface area contributed by atoms with Crippen LogP contribution in [0, 0.1) is 5.92 Å². The zero-order chi connectivity index (χ0) is 13.9. The summed E-state index contributed by atoms with van der Waals surface area (Å²) in [5, 5.41) is 12.8. The normalized spacial score (nSPS) is 21.6. The number of oxime groups is 1. The highest BCUT2D eigenvalue weighted by Gasteiger charge is 2.42. The minimum atomic E-state index is 0.302. The predicted molar refractivity (Wildman–Crippen MR) is 78.6 cm³/mol. The molecule has 1 saturated carbocycles. The van der Waals surface area contributed by atoms with E-state index in [4.69, 9.17) is 4.74 Å². The molecule has 0 bridgehead atoms. The summed E-state index contributed by atoms with van der Waals surface area (Å²) in [6.45, 7) is 0. The van der Waals surface area contributed by atoms with Gasteiger partial charge in [0.25, 0.3) is 0 Å². The number of hydrogen-bond donors (Lipinski definition) is 1. The highest BCUT2D eigenvalue weighted by Crippen LogP contribution is 2.49. The van der Waals surface area contributed by atoms with Crippen LogP contribution in [0.15, 0.2) is 59.8 Å². The molecule has 2 atom stereocenters. The van der Waals surface area contributed by atoms with Gasteiger partial charge in [-0.3, -0.25) is 0 Å². The largest absolute Gasteiger partial charge is 0.497 e. The minimum Gasteiger partial charge on any atom is -0.497 e. The molecule has 3 heteroatoms. The maximum Gasteiger partial charge on any atom is 0.118 e. The molecule has 2 aromatic carbocycles. The van der Waals surface area contributed by atoms with E-state index in [1.165, 1.54) is 5.56 Å². The Labute approximate surface area is 118 Å². The van der Waals surface area contributed by atoms with Gasteiger partial charge in [-0.05, 0) is 35.6 Å². The molecule has 0 unspecified atom stereocenters. The van der Waals surface area contributed by atoms with Gasteiger partial charge in [-0.15, -0.1) is 0 Å². The summed E-state index contributed by atoms with van der Waals surface area (Å²) in [6.07, 6.45) is 1.03. The Morgan fingerprint density at radius 1 is 1.10 bits per heavy atom. The van der Waals surface area contributed by atoms with Crippen LogP contribution < -0.4 is 4.74 Å². The number of methoxy groups -OCH3 is 1. The Balaban J connectivity index is 1.77. The molecule has 20 heavy (non-hydrogen) atoms. The van der Waals surface area contributed by atoms with Crippen molar-refractivity contribution in [3.63, 3.8) is 0 Å². The smallest absolute Gasteiger partial charge is 0.118 e. The van der Waals surface area contributed by atoms with Crippen LogP contribution in [0.4, 0.5) is 0 Å². The van der Waals surface area contributed by atoms with Crippen molar-refractivity contribution in [1.29, 1.82) is 0 Å². The third kappa shape index (κ3) is 2.39. The van der Waals surface area contributed by atoms with Crippen LogP contribution in [-0.4, -0.2) is 18.0 Å². The molecule has 0 aromatic heterocycles. The monoisotopic (exact) mass is 267 g/mol. The van der Waals surface area contributed by atoms with Crippen molar-refractivity contribution < 1.29 is 9.94 Å². The van der Waals surface area contributed by atoms with E-state index < -0.39 is 0 Å². The van der Waals surface area contributed by atoms with E-state index >= 15 is 0 Å². The Morgan fingerprint density at radius 3 is 2.40 bits per heavy atom. The molecule has 1 fully saturated rings. The molecule has 1 aliphatic rings. The first kappa shape index (κ1) is 12.7. The zero-order valence-electron chi connectivity index (χ0n) is 11.4. The topological polar surface area (TPSA) is 41.8 Å². The second kappa shape index (κ2) is 5.37. The van der Waals surface area contributed by atoms with E-state index in [0.29, 0.717) is 11.8 Å². The van der Waals surface area contributed by atoms with E-state index in [-0.39, 0.29) is 0 Å². The maximum absolute atomic E-state index is 9.30. The molecule has 0 spiro atoms. The van der Waals surface area contributed by atoms with Crippen molar-refractivity contribution in [2.24, 2.45) is 11.1 Å². The Morgan fingerprint density at radius 2 is 1.80 bits per heavy atom. The van der Waals surface area contributed by atoms with Crippen LogP contribution in [0.25, 0.3) is 0 Å². The highest BCUT2D eigenvalue weighted by molar-refractivity contribution is 6.04. The van der Waals surface area contributed by atoms with Gasteiger partial charge in [-0.2, -0.15) is 0 Å². The molecule has 1 aliphatic carbocycles. The van der Waals surface area contributed by atoms with E-state index in [2.05, 4.69) is 17.3 Å². The number of nitrogens with zero attached hydrogens (tertiary/aromatic N) is 1. The fourth-order valence-electron chi connectivity index (χ4n) is 2.67. The lowest BCUT2D eigenvalue weighted by Crippen LogP contribution is -2.05. The molecule has 0 radical (unpaired) electrons. The molecule has 102 valence electrons. The number of ether oxygens (including phenoxy) is 1. The average molecular weight is 267 g/mol. The average Bonchev–Trinajstić information content (AvgIpc) is 3.30. The molecule has 3 nitrogen and oxygen atoms in total. The molecular formula is C17H17NO2. The summed E-state index contributed by atoms with van der Waals surface area (Å²) >= 11 is 0. The Bertz CT molecular complexity index is 605. The Kier molecular flexibility index (Phi) is 3.42. The van der Waals surface area contributed by atoms with Crippen LogP contribution in [0.5, 0.6) is 5.75 Å². The second-order valence-corrected chi connectivity index (χ2v) is 5.07. The van der Waals surface area contributed by atoms with Gasteiger partial charge in [0, 0.05) is 5.92 Å². The van der Waals surface area contributed by atoms with Gasteiger partial charge in [-0.25, -0.2) is 0 Å². The summed E-state index contributed by atoms with van der Waals surface area (Å²) in [4.78, 5) is 0. The number of rotatable bonds is 4. The van der Waals surface area contributed by atoms with Gasteiger partial charge in [0.05, 0.1) is 12.8 Å². The lowest BCUT2D eigenvalue weighted by Gasteiger charge is -2.05. The van der Waals surface area contributed by atoms with Crippen LogP contribution in [0.1, 0.15) is 23.5 Å². The van der Waals surface area contributed by atoms with Gasteiger partial charge < -0.3 is 9.94 Å². The van der Waals surface area contributed by atoms with Gasteiger partial charge in [-0.1, -0.05) is 47.6 Å². The van der Waals surface area contributed by atoms with Gasteiger partial charge in [0.2, 0.25) is 0 Å². The first-order valence-corrected chi connectivity index (χ1v) is 6.75. The minimum absolute atomic E-state index is 0.302. The first-order chi connectivity index (χ1) is 9.83. The molecular weight excluding hydrogens is 250 g/mol. The third-order valence-electron chi connectivity index (χ3n) is 3.86. The van der Waals surface area contributed by atoms with Gasteiger partial charge in [0.1, 0.15) is 5.75 Å². The zero-order valence-corrected chi connectivity index (χ0v) is 11.4. The summed E-state index contributed by atoms with van der Waals surface area (Å²) in [6, 6.07) is 18.0. The summed E-state index contributed by atoms with van der Waals surface area (Å²) < 4.78 is 5.17. The van der Waals surface area contributed by atoms with Crippen molar-refractivity contribution >= 4 is 5.71 Å². The van der Waals surface area contributed by atoms with Crippen molar-refractivity contribution in [2.45, 2.75) is 12.3 Å². The predicted octanol–water partition coefficient (Wildman–Crippen LogP) is 3.68. The molecule has 0 amide bonds. The van der Waals surface area contributed by atoms with Crippen molar-refractivity contribution in [2.75, 3.05) is 7.11 Å². The lowest BCUT2D eigenvalue weighted by atomic mass is 10.0. The molecule has 1 N–H and O–H groups in total. The van der Waals surface area contributed by atoms with Gasteiger partial charge in [0.15, 0.2) is 0 Å². The molecule has 2 aromatic rings. The highest BCUT2D eigenvalue weighted by atomic mass is 16.5. The van der Waals surface area contributed by atoms with Crippen LogP contribution in [0.3, 0.4) is 0 Å². The first-order valence-electron chi connectivity index (χ1n) is 6.75. The lowest BCUT2D eigenvalue weighted by molar-refractivity contribution is 0.317. The van der Waals surface area contributed by atoms with E-state index in [9.17, 15) is 5.21 Å². The van der Waals surface area contributed by atoms with Crippen molar-refractivity contribution in [3.8, 4) is 5.75 Å². The van der Waals surface area contributed by atoms with Crippen LogP contribution in [-0.2, 0) is 0 Å². The number of hydrogen-bond acceptors (Lipinski definition) is 3. The van der Waals surface area contributed by atoms with E-state index in [0.717, 1.165) is 23.4 Å².